The molecule has 2 heterocycles. The van der Waals surface area contributed by atoms with Crippen molar-refractivity contribution in [3.05, 3.63) is 24.4 Å². The lowest BCUT2D eigenvalue weighted by Gasteiger charge is -2.09. The summed E-state index contributed by atoms with van der Waals surface area (Å²) in [5, 5.41) is 9.60. The van der Waals surface area contributed by atoms with Crippen LogP contribution in [0, 0.1) is 5.92 Å². The van der Waals surface area contributed by atoms with Gasteiger partial charge in [0.25, 0.3) is 0 Å². The zero-order valence-electron chi connectivity index (χ0n) is 13.4. The number of carbonyl (C=O) groups is 1. The van der Waals surface area contributed by atoms with Crippen molar-refractivity contribution in [2.75, 3.05) is 31.5 Å². The average Bonchev–Trinajstić information content (AvgIpc) is 3.03. The van der Waals surface area contributed by atoms with Crippen molar-refractivity contribution in [1.29, 1.82) is 0 Å². The largest absolute Gasteiger partial charge is 0.370 e. The molecule has 1 aromatic rings. The minimum Gasteiger partial charge on any atom is -0.370 e. The maximum Gasteiger partial charge on any atom is 0.220 e. The summed E-state index contributed by atoms with van der Waals surface area (Å²) in [4.78, 5) is 15.9. The lowest BCUT2D eigenvalue weighted by atomic mass is 10.0. The first-order chi connectivity index (χ1) is 10.3. The molecule has 0 saturated carbocycles. The first-order valence-corrected chi connectivity index (χ1v) is 7.97. The molecule has 132 valence electrons. The van der Waals surface area contributed by atoms with Crippen LogP contribution in [0.25, 0.3) is 0 Å². The Hall–Kier alpha value is -1.04. The third kappa shape index (κ3) is 9.64. The van der Waals surface area contributed by atoms with E-state index in [1.807, 2.05) is 18.2 Å². The molecule has 5 nitrogen and oxygen atoms in total. The molecule has 3 N–H and O–H groups in total. The average molecular weight is 363 g/mol. The second kappa shape index (κ2) is 13.4. The van der Waals surface area contributed by atoms with Gasteiger partial charge in [-0.1, -0.05) is 6.07 Å². The van der Waals surface area contributed by atoms with Gasteiger partial charge in [-0.15, -0.1) is 24.8 Å². The maximum absolute atomic E-state index is 11.7. The molecule has 23 heavy (non-hydrogen) atoms. The van der Waals surface area contributed by atoms with Crippen LogP contribution in [0.5, 0.6) is 0 Å². The van der Waals surface area contributed by atoms with Crippen LogP contribution in [-0.4, -0.2) is 37.1 Å². The van der Waals surface area contributed by atoms with Crippen molar-refractivity contribution < 1.29 is 4.79 Å². The molecule has 1 aromatic heterocycles. The lowest BCUT2D eigenvalue weighted by Crippen LogP contribution is -2.25. The first kappa shape index (κ1) is 22.0. The molecule has 1 amide bonds. The fraction of sp³-hybridized carbons (Fsp3) is 0.625. The Bertz CT molecular complexity index is 414. The zero-order chi connectivity index (χ0) is 14.8. The molecule has 2 rings (SSSR count). The van der Waals surface area contributed by atoms with E-state index in [-0.39, 0.29) is 30.7 Å². The number of amides is 1. The number of hydrogen-bond donors (Lipinski definition) is 3. The van der Waals surface area contributed by atoms with Crippen LogP contribution in [0.2, 0.25) is 0 Å². The number of nitrogens with zero attached hydrogens (tertiary/aromatic N) is 1. The van der Waals surface area contributed by atoms with Gasteiger partial charge in [0.2, 0.25) is 5.91 Å². The molecule has 1 unspecified atom stereocenters. The standard InChI is InChI=1S/C16H26N4O.2ClH/c21-16(7-6-14-8-12-17-13-14)20-11-4-3-10-19-15-5-1-2-9-18-15;;/h1-2,5,9,14,17H,3-4,6-8,10-13H2,(H,18,19)(H,20,21);2*1H. The van der Waals surface area contributed by atoms with Gasteiger partial charge in [-0.2, -0.15) is 0 Å². The molecule has 1 saturated heterocycles. The van der Waals surface area contributed by atoms with Crippen LogP contribution >= 0.6 is 24.8 Å². The van der Waals surface area contributed by atoms with Gasteiger partial charge in [0.15, 0.2) is 0 Å². The molecule has 1 aliphatic heterocycles. The summed E-state index contributed by atoms with van der Waals surface area (Å²) < 4.78 is 0. The number of rotatable bonds is 9. The van der Waals surface area contributed by atoms with Crippen LogP contribution in [0.1, 0.15) is 32.1 Å². The van der Waals surface area contributed by atoms with E-state index in [1.54, 1.807) is 6.20 Å². The number of nitrogens with one attached hydrogen (secondary N) is 3. The minimum atomic E-state index is 0. The van der Waals surface area contributed by atoms with E-state index < -0.39 is 0 Å². The third-order valence-corrected chi connectivity index (χ3v) is 3.84. The van der Waals surface area contributed by atoms with Crippen LogP contribution in [0.3, 0.4) is 0 Å². The second-order valence-corrected chi connectivity index (χ2v) is 5.60. The van der Waals surface area contributed by atoms with Crippen LogP contribution in [0.15, 0.2) is 24.4 Å². The summed E-state index contributed by atoms with van der Waals surface area (Å²) in [5.74, 6) is 1.80. The SMILES string of the molecule is Cl.Cl.O=C(CCC1CCNC1)NCCCCNc1ccccn1. The van der Waals surface area contributed by atoms with E-state index >= 15 is 0 Å². The van der Waals surface area contributed by atoms with Crippen LogP contribution in [-0.2, 0) is 4.79 Å². The number of halogens is 2. The number of pyridine rings is 1. The quantitative estimate of drug-likeness (QED) is 0.590. The van der Waals surface area contributed by atoms with Gasteiger partial charge in [-0.3, -0.25) is 4.79 Å². The summed E-state index contributed by atoms with van der Waals surface area (Å²) in [5.41, 5.74) is 0. The van der Waals surface area contributed by atoms with Gasteiger partial charge in [0.1, 0.15) is 5.82 Å². The second-order valence-electron chi connectivity index (χ2n) is 5.60. The number of unbranched alkanes of at least 4 members (excludes halogenated alkanes) is 1. The zero-order valence-corrected chi connectivity index (χ0v) is 15.1. The number of aromatic nitrogens is 1. The summed E-state index contributed by atoms with van der Waals surface area (Å²) in [6, 6.07) is 5.83. The highest BCUT2D eigenvalue weighted by atomic mass is 35.5. The number of carbonyl (C=O) groups excluding carboxylic acids is 1. The van der Waals surface area contributed by atoms with Gasteiger partial charge in [0, 0.05) is 25.7 Å². The van der Waals surface area contributed by atoms with Gasteiger partial charge < -0.3 is 16.0 Å². The van der Waals surface area contributed by atoms with E-state index in [0.717, 1.165) is 51.3 Å². The minimum absolute atomic E-state index is 0. The Labute approximate surface area is 151 Å². The van der Waals surface area contributed by atoms with E-state index in [1.165, 1.54) is 6.42 Å². The number of hydrogen-bond acceptors (Lipinski definition) is 4. The molecule has 1 aliphatic rings. The van der Waals surface area contributed by atoms with E-state index in [0.29, 0.717) is 12.3 Å². The molecule has 1 fully saturated rings. The molecular weight excluding hydrogens is 335 g/mol. The highest BCUT2D eigenvalue weighted by Crippen LogP contribution is 2.13. The van der Waals surface area contributed by atoms with Gasteiger partial charge in [-0.25, -0.2) is 4.98 Å². The predicted octanol–water partition coefficient (Wildman–Crippen LogP) is 2.62. The maximum atomic E-state index is 11.7. The Morgan fingerprint density at radius 3 is 2.78 bits per heavy atom. The molecule has 7 heteroatoms. The first-order valence-electron chi connectivity index (χ1n) is 7.97. The smallest absolute Gasteiger partial charge is 0.220 e. The van der Waals surface area contributed by atoms with Crippen LogP contribution < -0.4 is 16.0 Å². The molecule has 1 atom stereocenters. The van der Waals surface area contributed by atoms with Gasteiger partial charge >= 0.3 is 0 Å². The van der Waals surface area contributed by atoms with Gasteiger partial charge in [-0.05, 0) is 56.8 Å². The Balaban J connectivity index is 0.00000242. The fourth-order valence-corrected chi connectivity index (χ4v) is 2.55. The summed E-state index contributed by atoms with van der Waals surface area (Å²) >= 11 is 0. The summed E-state index contributed by atoms with van der Waals surface area (Å²) in [6.07, 6.45) is 6.70. The normalized spacial score (nSPS) is 16.1. The topological polar surface area (TPSA) is 66.1 Å². The fourth-order valence-electron chi connectivity index (χ4n) is 2.55. The monoisotopic (exact) mass is 362 g/mol. The van der Waals surface area contributed by atoms with Crippen molar-refractivity contribution in [3.63, 3.8) is 0 Å². The van der Waals surface area contributed by atoms with Crippen molar-refractivity contribution in [2.24, 2.45) is 5.92 Å². The van der Waals surface area contributed by atoms with Crippen molar-refractivity contribution in [3.8, 4) is 0 Å². The Morgan fingerprint density at radius 1 is 1.26 bits per heavy atom. The molecule has 0 aliphatic carbocycles. The van der Waals surface area contributed by atoms with Crippen molar-refractivity contribution >= 4 is 36.5 Å². The molecule has 0 radical (unpaired) electrons. The van der Waals surface area contributed by atoms with Crippen molar-refractivity contribution in [1.82, 2.24) is 15.6 Å². The highest BCUT2D eigenvalue weighted by Gasteiger charge is 2.15. The molecule has 0 bridgehead atoms. The van der Waals surface area contributed by atoms with E-state index in [4.69, 9.17) is 0 Å². The van der Waals surface area contributed by atoms with Crippen LogP contribution in [0.4, 0.5) is 5.82 Å². The van der Waals surface area contributed by atoms with Crippen molar-refractivity contribution in [2.45, 2.75) is 32.1 Å². The Kier molecular flexibility index (Phi) is 12.8. The van der Waals surface area contributed by atoms with E-state index in [2.05, 4.69) is 20.9 Å². The molecular formula is C16H28Cl2N4O. The molecule has 0 aromatic carbocycles. The number of anilines is 1. The third-order valence-electron chi connectivity index (χ3n) is 3.84. The van der Waals surface area contributed by atoms with Gasteiger partial charge in [0.05, 0.1) is 0 Å². The summed E-state index contributed by atoms with van der Waals surface area (Å²) in [7, 11) is 0. The lowest BCUT2D eigenvalue weighted by molar-refractivity contribution is -0.121. The Morgan fingerprint density at radius 2 is 2.09 bits per heavy atom. The predicted molar refractivity (Wildman–Crippen MR) is 99.7 cm³/mol. The summed E-state index contributed by atoms with van der Waals surface area (Å²) in [6.45, 7) is 3.84. The van der Waals surface area contributed by atoms with E-state index in [9.17, 15) is 4.79 Å². The highest BCUT2D eigenvalue weighted by molar-refractivity contribution is 5.85. The molecule has 0 spiro atoms.